The van der Waals surface area contributed by atoms with Crippen LogP contribution in [-0.2, 0) is 11.7 Å². The first-order valence-corrected chi connectivity index (χ1v) is 4.99. The molecule has 0 N–H and O–H groups in total. The van der Waals surface area contributed by atoms with Gasteiger partial charge in [0, 0.05) is 17.9 Å². The highest BCUT2D eigenvalue weighted by Crippen LogP contribution is 2.51. The summed E-state index contributed by atoms with van der Waals surface area (Å²) in [7, 11) is 0. The minimum absolute atomic E-state index is 0.202. The summed E-state index contributed by atoms with van der Waals surface area (Å²) < 4.78 is 39.2. The van der Waals surface area contributed by atoms with Gasteiger partial charge in [0.2, 0.25) is 5.82 Å². The predicted octanol–water partition coefficient (Wildman–Crippen LogP) is 3.05. The van der Waals surface area contributed by atoms with E-state index in [2.05, 4.69) is 4.98 Å². The number of aromatic nitrogens is 2. The van der Waals surface area contributed by atoms with Gasteiger partial charge in [-0.3, -0.25) is 0 Å². The molecule has 0 aliphatic heterocycles. The van der Waals surface area contributed by atoms with Crippen molar-refractivity contribution in [2.45, 2.75) is 38.4 Å². The van der Waals surface area contributed by atoms with Crippen LogP contribution < -0.4 is 0 Å². The van der Waals surface area contributed by atoms with Crippen LogP contribution in [0.4, 0.5) is 13.2 Å². The average molecular weight is 218 g/mol. The fraction of sp³-hybridized carbons (Fsp3) is 0.700. The van der Waals surface area contributed by atoms with Crippen molar-refractivity contribution in [2.24, 2.45) is 5.92 Å². The lowest BCUT2D eigenvalue weighted by molar-refractivity contribution is -0.148. The Hall–Kier alpha value is -1.00. The molecule has 84 valence electrons. The Kier molecular flexibility index (Phi) is 2.10. The molecule has 0 amide bonds. The molecule has 1 heterocycles. The minimum atomic E-state index is -4.35. The molecule has 15 heavy (non-hydrogen) atoms. The predicted molar refractivity (Wildman–Crippen MR) is 49.3 cm³/mol. The van der Waals surface area contributed by atoms with E-state index < -0.39 is 12.0 Å². The van der Waals surface area contributed by atoms with Crippen LogP contribution in [0.3, 0.4) is 0 Å². The van der Waals surface area contributed by atoms with Crippen molar-refractivity contribution in [1.29, 1.82) is 0 Å². The van der Waals surface area contributed by atoms with Gasteiger partial charge in [-0.15, -0.1) is 0 Å². The molecule has 1 aromatic rings. The first kappa shape index (κ1) is 10.5. The van der Waals surface area contributed by atoms with Crippen LogP contribution in [0.25, 0.3) is 0 Å². The summed E-state index contributed by atoms with van der Waals surface area (Å²) in [5.74, 6) is -0.568. The van der Waals surface area contributed by atoms with E-state index in [1.54, 1.807) is 0 Å². The summed E-state index contributed by atoms with van der Waals surface area (Å²) in [4.78, 5) is 3.41. The Bertz CT molecular complexity index is 361. The van der Waals surface area contributed by atoms with Crippen LogP contribution in [-0.4, -0.2) is 9.55 Å². The highest BCUT2D eigenvalue weighted by Gasteiger charge is 2.51. The van der Waals surface area contributed by atoms with Crippen molar-refractivity contribution in [3.8, 4) is 0 Å². The molecule has 0 radical (unpaired) electrons. The standard InChI is InChI=1S/C10H13F3N2/c1-7(2)9(3-4-9)15-6-5-14-8(15)10(11,12)13/h5-7H,3-4H2,1-2H3. The number of hydrogen-bond donors (Lipinski definition) is 0. The van der Waals surface area contributed by atoms with E-state index in [9.17, 15) is 13.2 Å². The van der Waals surface area contributed by atoms with Gasteiger partial charge in [0.1, 0.15) is 0 Å². The van der Waals surface area contributed by atoms with Gasteiger partial charge in [0.05, 0.1) is 0 Å². The molecule has 0 bridgehead atoms. The Morgan fingerprint density at radius 2 is 2.00 bits per heavy atom. The van der Waals surface area contributed by atoms with Crippen molar-refractivity contribution < 1.29 is 13.2 Å². The normalized spacial score (nSPS) is 19.6. The highest BCUT2D eigenvalue weighted by atomic mass is 19.4. The lowest BCUT2D eigenvalue weighted by Crippen LogP contribution is -2.28. The fourth-order valence-electron chi connectivity index (χ4n) is 2.10. The molecule has 0 saturated heterocycles. The maximum atomic E-state index is 12.6. The SMILES string of the molecule is CC(C)C1(n2ccnc2C(F)(F)F)CC1. The third-order valence-electron chi connectivity index (χ3n) is 3.21. The smallest absolute Gasteiger partial charge is 0.321 e. The molecular weight excluding hydrogens is 205 g/mol. The summed E-state index contributed by atoms with van der Waals surface area (Å²) in [5, 5.41) is 0. The van der Waals surface area contributed by atoms with Gasteiger partial charge in [0.15, 0.2) is 0 Å². The minimum Gasteiger partial charge on any atom is -0.321 e. The zero-order valence-electron chi connectivity index (χ0n) is 8.67. The molecule has 5 heteroatoms. The van der Waals surface area contributed by atoms with Crippen LogP contribution in [0.5, 0.6) is 0 Å². The number of halogens is 3. The molecule has 0 atom stereocenters. The van der Waals surface area contributed by atoms with Gasteiger partial charge < -0.3 is 4.57 Å². The van der Waals surface area contributed by atoms with E-state index >= 15 is 0 Å². The van der Waals surface area contributed by atoms with E-state index in [1.165, 1.54) is 17.0 Å². The second-order valence-electron chi connectivity index (χ2n) is 4.38. The molecule has 1 aromatic heterocycles. The number of rotatable bonds is 2. The molecule has 1 saturated carbocycles. The van der Waals surface area contributed by atoms with Gasteiger partial charge in [0.25, 0.3) is 0 Å². The Morgan fingerprint density at radius 3 is 2.40 bits per heavy atom. The van der Waals surface area contributed by atoms with Crippen molar-refractivity contribution in [2.75, 3.05) is 0 Å². The molecule has 1 aliphatic rings. The maximum absolute atomic E-state index is 12.6. The summed E-state index contributed by atoms with van der Waals surface area (Å²) in [6.45, 7) is 3.90. The molecule has 0 unspecified atom stereocenters. The average Bonchev–Trinajstić information content (AvgIpc) is 2.75. The summed E-state index contributed by atoms with van der Waals surface area (Å²) in [5.41, 5.74) is -0.346. The molecule has 1 aliphatic carbocycles. The second kappa shape index (κ2) is 3.00. The first-order valence-electron chi connectivity index (χ1n) is 4.99. The van der Waals surface area contributed by atoms with E-state index in [0.717, 1.165) is 12.8 Å². The van der Waals surface area contributed by atoms with Gasteiger partial charge in [-0.1, -0.05) is 13.8 Å². The van der Waals surface area contributed by atoms with Crippen LogP contribution in [0.1, 0.15) is 32.5 Å². The Morgan fingerprint density at radius 1 is 1.40 bits per heavy atom. The van der Waals surface area contributed by atoms with Gasteiger partial charge >= 0.3 is 6.18 Å². The zero-order chi connectivity index (χ0) is 11.3. The third kappa shape index (κ3) is 1.54. The van der Waals surface area contributed by atoms with Crippen LogP contribution in [0, 0.1) is 5.92 Å². The van der Waals surface area contributed by atoms with E-state index in [1.807, 2.05) is 13.8 Å². The van der Waals surface area contributed by atoms with Crippen LogP contribution >= 0.6 is 0 Å². The van der Waals surface area contributed by atoms with E-state index in [0.29, 0.717) is 0 Å². The largest absolute Gasteiger partial charge is 0.449 e. The molecule has 2 rings (SSSR count). The summed E-state index contributed by atoms with van der Waals surface area (Å²) >= 11 is 0. The van der Waals surface area contributed by atoms with Crippen molar-refractivity contribution >= 4 is 0 Å². The van der Waals surface area contributed by atoms with Crippen molar-refractivity contribution in [3.63, 3.8) is 0 Å². The number of alkyl halides is 3. The first-order chi connectivity index (χ1) is 6.88. The van der Waals surface area contributed by atoms with E-state index in [4.69, 9.17) is 0 Å². The number of hydrogen-bond acceptors (Lipinski definition) is 1. The van der Waals surface area contributed by atoms with Crippen LogP contribution in [0.2, 0.25) is 0 Å². The molecule has 0 spiro atoms. The van der Waals surface area contributed by atoms with E-state index in [-0.39, 0.29) is 11.5 Å². The van der Waals surface area contributed by atoms with Gasteiger partial charge in [-0.05, 0) is 18.8 Å². The Balaban J connectivity index is 2.42. The third-order valence-corrected chi connectivity index (χ3v) is 3.21. The second-order valence-corrected chi connectivity index (χ2v) is 4.38. The summed E-state index contributed by atoms with van der Waals surface area (Å²) in [6, 6.07) is 0. The Labute approximate surface area is 86.1 Å². The fourth-order valence-corrected chi connectivity index (χ4v) is 2.10. The molecule has 2 nitrogen and oxygen atoms in total. The monoisotopic (exact) mass is 218 g/mol. The van der Waals surface area contributed by atoms with Gasteiger partial charge in [-0.2, -0.15) is 13.2 Å². The maximum Gasteiger partial charge on any atom is 0.449 e. The highest BCUT2D eigenvalue weighted by molar-refractivity contribution is 5.11. The lowest BCUT2D eigenvalue weighted by atomic mass is 10.0. The quantitative estimate of drug-likeness (QED) is 0.746. The number of nitrogens with zero attached hydrogens (tertiary/aromatic N) is 2. The molecule has 1 fully saturated rings. The summed E-state index contributed by atoms with van der Waals surface area (Å²) in [6.07, 6.45) is -0.0662. The van der Waals surface area contributed by atoms with Crippen LogP contribution in [0.15, 0.2) is 12.4 Å². The van der Waals surface area contributed by atoms with Crippen molar-refractivity contribution in [3.05, 3.63) is 18.2 Å². The zero-order valence-corrected chi connectivity index (χ0v) is 8.67. The molecule has 0 aromatic carbocycles. The molecular formula is C10H13F3N2. The van der Waals surface area contributed by atoms with Gasteiger partial charge in [-0.25, -0.2) is 4.98 Å². The lowest BCUT2D eigenvalue weighted by Gasteiger charge is -2.24. The van der Waals surface area contributed by atoms with Crippen molar-refractivity contribution in [1.82, 2.24) is 9.55 Å². The topological polar surface area (TPSA) is 17.8 Å². The number of imidazole rings is 1.